The number of H-pyrrole nitrogens is 1. The Labute approximate surface area is 108 Å². The third kappa shape index (κ3) is 2.34. The molecule has 0 saturated heterocycles. The number of thiophene rings is 1. The fourth-order valence-corrected chi connectivity index (χ4v) is 2.49. The molecule has 3 aromatic heterocycles. The molecule has 3 rings (SSSR count). The number of aromatic amines is 1. The molecule has 0 saturated carbocycles. The van der Waals surface area contributed by atoms with E-state index in [-0.39, 0.29) is 0 Å². The minimum atomic E-state index is 0.662. The highest BCUT2D eigenvalue weighted by molar-refractivity contribution is 7.13. The maximum absolute atomic E-state index is 5.02. The molecule has 0 aliphatic carbocycles. The largest absolute Gasteiger partial charge is 0.360 e. The highest BCUT2D eigenvalue weighted by atomic mass is 32.1. The van der Waals surface area contributed by atoms with Gasteiger partial charge in [0.2, 0.25) is 0 Å². The summed E-state index contributed by atoms with van der Waals surface area (Å²) in [6.07, 6.45) is 3.49. The zero-order valence-electron chi connectivity index (χ0n) is 9.59. The van der Waals surface area contributed by atoms with E-state index in [0.29, 0.717) is 6.54 Å². The Bertz CT molecular complexity index is 585. The summed E-state index contributed by atoms with van der Waals surface area (Å²) in [6.45, 7) is 1.40. The van der Waals surface area contributed by atoms with Gasteiger partial charge in [-0.25, -0.2) is 0 Å². The van der Waals surface area contributed by atoms with Gasteiger partial charge in [-0.05, 0) is 11.4 Å². The summed E-state index contributed by atoms with van der Waals surface area (Å²) in [5.74, 6) is 0.830. The normalized spacial score (nSPS) is 10.9. The molecule has 0 atom stereocenters. The summed E-state index contributed by atoms with van der Waals surface area (Å²) in [5, 5.41) is 16.2. The zero-order valence-corrected chi connectivity index (χ0v) is 10.4. The van der Waals surface area contributed by atoms with E-state index in [1.165, 1.54) is 4.88 Å². The van der Waals surface area contributed by atoms with Crippen molar-refractivity contribution in [3.05, 3.63) is 47.3 Å². The van der Waals surface area contributed by atoms with Gasteiger partial charge in [0.1, 0.15) is 5.76 Å². The average molecular weight is 260 g/mol. The number of nitrogens with zero attached hydrogens (tertiary/aromatic N) is 2. The van der Waals surface area contributed by atoms with Gasteiger partial charge in [-0.1, -0.05) is 11.2 Å². The number of aromatic nitrogens is 3. The molecule has 18 heavy (non-hydrogen) atoms. The van der Waals surface area contributed by atoms with Gasteiger partial charge in [0, 0.05) is 18.2 Å². The van der Waals surface area contributed by atoms with Crippen molar-refractivity contribution in [1.82, 2.24) is 20.7 Å². The van der Waals surface area contributed by atoms with E-state index >= 15 is 0 Å². The first-order chi connectivity index (χ1) is 8.93. The van der Waals surface area contributed by atoms with Crippen LogP contribution in [0.15, 0.2) is 40.5 Å². The van der Waals surface area contributed by atoms with Gasteiger partial charge >= 0.3 is 0 Å². The van der Waals surface area contributed by atoms with Crippen LogP contribution in [0.2, 0.25) is 0 Å². The smallest absolute Gasteiger partial charge is 0.150 e. The molecular weight excluding hydrogens is 248 g/mol. The third-order valence-electron chi connectivity index (χ3n) is 2.59. The maximum Gasteiger partial charge on any atom is 0.150 e. The molecule has 3 aromatic rings. The van der Waals surface area contributed by atoms with Gasteiger partial charge in [-0.3, -0.25) is 5.10 Å². The Morgan fingerprint density at radius 3 is 3.11 bits per heavy atom. The molecule has 92 valence electrons. The molecule has 0 aliphatic rings. The van der Waals surface area contributed by atoms with E-state index in [9.17, 15) is 0 Å². The van der Waals surface area contributed by atoms with Crippen molar-refractivity contribution in [3.63, 3.8) is 0 Å². The molecular formula is C12H12N4OS. The summed E-state index contributed by atoms with van der Waals surface area (Å²) < 4.78 is 5.02. The van der Waals surface area contributed by atoms with E-state index in [1.54, 1.807) is 17.5 Å². The molecule has 0 unspecified atom stereocenters. The van der Waals surface area contributed by atoms with Gasteiger partial charge < -0.3 is 9.84 Å². The maximum atomic E-state index is 5.02. The molecule has 0 spiro atoms. The highest BCUT2D eigenvalue weighted by Crippen LogP contribution is 2.25. The number of rotatable bonds is 5. The Kier molecular flexibility index (Phi) is 3.20. The second-order valence-electron chi connectivity index (χ2n) is 3.83. The highest BCUT2D eigenvalue weighted by Gasteiger charge is 2.08. The topological polar surface area (TPSA) is 66.7 Å². The monoisotopic (exact) mass is 260 g/mol. The van der Waals surface area contributed by atoms with Crippen molar-refractivity contribution < 1.29 is 4.52 Å². The SMILES string of the molecule is c1csc(-c2[nH]ncc2CNCc2ccno2)c1. The van der Waals surface area contributed by atoms with E-state index in [0.717, 1.165) is 23.6 Å². The summed E-state index contributed by atoms with van der Waals surface area (Å²) >= 11 is 1.70. The minimum Gasteiger partial charge on any atom is -0.360 e. The molecule has 3 heterocycles. The standard InChI is InChI=1S/C12H12N4OS/c1-2-11(18-5-1)12-9(7-14-16-12)6-13-8-10-3-4-15-17-10/h1-5,7,13H,6,8H2,(H,14,16). The van der Waals surface area contributed by atoms with Crippen molar-refractivity contribution >= 4 is 11.3 Å². The first kappa shape index (κ1) is 11.2. The summed E-state index contributed by atoms with van der Waals surface area (Å²) in [6, 6.07) is 5.97. The first-order valence-electron chi connectivity index (χ1n) is 5.60. The third-order valence-corrected chi connectivity index (χ3v) is 3.48. The Balaban J connectivity index is 1.65. The molecule has 0 radical (unpaired) electrons. The molecule has 0 amide bonds. The van der Waals surface area contributed by atoms with Crippen LogP contribution in [0.25, 0.3) is 10.6 Å². The lowest BCUT2D eigenvalue weighted by atomic mass is 10.2. The summed E-state index contributed by atoms with van der Waals surface area (Å²) in [7, 11) is 0. The minimum absolute atomic E-state index is 0.662. The van der Waals surface area contributed by atoms with E-state index in [1.807, 2.05) is 18.3 Å². The quantitative estimate of drug-likeness (QED) is 0.739. The average Bonchev–Trinajstić information content (AvgIpc) is 3.12. The van der Waals surface area contributed by atoms with Gasteiger partial charge in [0.15, 0.2) is 0 Å². The van der Waals surface area contributed by atoms with Crippen LogP contribution in [0.3, 0.4) is 0 Å². The van der Waals surface area contributed by atoms with Crippen LogP contribution in [-0.2, 0) is 13.1 Å². The van der Waals surface area contributed by atoms with Crippen LogP contribution in [0.4, 0.5) is 0 Å². The number of hydrogen-bond donors (Lipinski definition) is 2. The molecule has 0 bridgehead atoms. The van der Waals surface area contributed by atoms with Crippen LogP contribution < -0.4 is 5.32 Å². The number of hydrogen-bond acceptors (Lipinski definition) is 5. The van der Waals surface area contributed by atoms with Crippen molar-refractivity contribution in [1.29, 1.82) is 0 Å². The van der Waals surface area contributed by atoms with Crippen LogP contribution in [0, 0.1) is 0 Å². The second kappa shape index (κ2) is 5.16. The van der Waals surface area contributed by atoms with Crippen LogP contribution in [0.5, 0.6) is 0 Å². The van der Waals surface area contributed by atoms with Gasteiger partial charge in [-0.2, -0.15) is 5.10 Å². The molecule has 6 heteroatoms. The zero-order chi connectivity index (χ0) is 12.2. The predicted molar refractivity (Wildman–Crippen MR) is 68.9 cm³/mol. The Hall–Kier alpha value is -1.92. The van der Waals surface area contributed by atoms with Crippen molar-refractivity contribution in [2.45, 2.75) is 13.1 Å². The van der Waals surface area contributed by atoms with Crippen LogP contribution in [-0.4, -0.2) is 15.4 Å². The van der Waals surface area contributed by atoms with Gasteiger partial charge in [0.25, 0.3) is 0 Å². The predicted octanol–water partition coefficient (Wildman–Crippen LogP) is 2.42. The van der Waals surface area contributed by atoms with E-state index in [4.69, 9.17) is 4.52 Å². The molecule has 0 fully saturated rings. The van der Waals surface area contributed by atoms with Crippen molar-refractivity contribution in [2.75, 3.05) is 0 Å². The van der Waals surface area contributed by atoms with Crippen LogP contribution in [0.1, 0.15) is 11.3 Å². The number of nitrogens with one attached hydrogen (secondary N) is 2. The first-order valence-corrected chi connectivity index (χ1v) is 6.48. The Morgan fingerprint density at radius 1 is 1.33 bits per heavy atom. The van der Waals surface area contributed by atoms with Gasteiger partial charge in [-0.15, -0.1) is 11.3 Å². The van der Waals surface area contributed by atoms with E-state index in [2.05, 4.69) is 32.1 Å². The summed E-state index contributed by atoms with van der Waals surface area (Å²) in [4.78, 5) is 1.20. The molecule has 5 nitrogen and oxygen atoms in total. The fourth-order valence-electron chi connectivity index (χ4n) is 1.73. The molecule has 0 aliphatic heterocycles. The second-order valence-corrected chi connectivity index (χ2v) is 4.78. The van der Waals surface area contributed by atoms with Crippen molar-refractivity contribution in [3.8, 4) is 10.6 Å². The summed E-state index contributed by atoms with van der Waals surface area (Å²) in [5.41, 5.74) is 2.23. The molecule has 0 aromatic carbocycles. The lowest BCUT2D eigenvalue weighted by Crippen LogP contribution is -2.12. The van der Waals surface area contributed by atoms with E-state index < -0.39 is 0 Å². The molecule has 2 N–H and O–H groups in total. The van der Waals surface area contributed by atoms with Crippen molar-refractivity contribution in [2.24, 2.45) is 0 Å². The Morgan fingerprint density at radius 2 is 2.33 bits per heavy atom. The van der Waals surface area contributed by atoms with Crippen LogP contribution >= 0.6 is 11.3 Å². The lowest BCUT2D eigenvalue weighted by Gasteiger charge is -2.02. The van der Waals surface area contributed by atoms with Gasteiger partial charge in [0.05, 0.1) is 29.5 Å². The lowest BCUT2D eigenvalue weighted by molar-refractivity contribution is 0.373. The fraction of sp³-hybridized carbons (Fsp3) is 0.167.